The fourth-order valence-corrected chi connectivity index (χ4v) is 1.88. The molecule has 0 aliphatic rings. The van der Waals surface area contributed by atoms with Crippen molar-refractivity contribution in [1.82, 2.24) is 9.88 Å². The molecule has 1 aromatic rings. The molecule has 0 amide bonds. The molecule has 0 saturated carbocycles. The minimum Gasteiger partial charge on any atom is -0.300 e. The van der Waals surface area contributed by atoms with Crippen LogP contribution >= 0.6 is 11.8 Å². The zero-order valence-electron chi connectivity index (χ0n) is 10.7. The molecular weight excluding hydrogens is 216 g/mol. The van der Waals surface area contributed by atoms with Crippen molar-refractivity contribution in [1.29, 1.82) is 0 Å². The summed E-state index contributed by atoms with van der Waals surface area (Å²) in [5.41, 5.74) is 2.48. The van der Waals surface area contributed by atoms with Crippen LogP contribution in [-0.2, 0) is 6.54 Å². The molecule has 0 spiro atoms. The zero-order valence-corrected chi connectivity index (χ0v) is 11.5. The van der Waals surface area contributed by atoms with Gasteiger partial charge in [-0.2, -0.15) is 11.8 Å². The molecule has 0 bridgehead atoms. The van der Waals surface area contributed by atoms with Crippen molar-refractivity contribution >= 4 is 11.8 Å². The molecule has 1 atom stereocenters. The number of thioether (sulfide) groups is 1. The topological polar surface area (TPSA) is 16.1 Å². The van der Waals surface area contributed by atoms with Crippen LogP contribution in [-0.4, -0.2) is 35.0 Å². The van der Waals surface area contributed by atoms with Crippen LogP contribution in [0.3, 0.4) is 0 Å². The van der Waals surface area contributed by atoms with Gasteiger partial charge in [0.15, 0.2) is 0 Å². The first-order chi connectivity index (χ1) is 7.63. The molecule has 2 nitrogen and oxygen atoms in total. The van der Waals surface area contributed by atoms with Gasteiger partial charge in [0.05, 0.1) is 5.69 Å². The first-order valence-electron chi connectivity index (χ1n) is 5.75. The Hall–Kier alpha value is -0.540. The van der Waals surface area contributed by atoms with Gasteiger partial charge in [0.25, 0.3) is 0 Å². The molecule has 1 rings (SSSR count). The summed E-state index contributed by atoms with van der Waals surface area (Å²) in [4.78, 5) is 6.77. The average molecular weight is 238 g/mol. The van der Waals surface area contributed by atoms with E-state index in [-0.39, 0.29) is 0 Å². The monoisotopic (exact) mass is 238 g/mol. The van der Waals surface area contributed by atoms with Crippen LogP contribution in [0.5, 0.6) is 0 Å². The molecule has 16 heavy (non-hydrogen) atoms. The third-order valence-electron chi connectivity index (χ3n) is 2.86. The Morgan fingerprint density at radius 2 is 2.25 bits per heavy atom. The lowest BCUT2D eigenvalue weighted by molar-refractivity contribution is 0.318. The normalized spacial score (nSPS) is 13.1. The molecule has 90 valence electrons. The third-order valence-corrected chi connectivity index (χ3v) is 3.90. The highest BCUT2D eigenvalue weighted by Gasteiger charge is 2.06. The van der Waals surface area contributed by atoms with E-state index in [0.717, 1.165) is 18.3 Å². The van der Waals surface area contributed by atoms with Crippen molar-refractivity contribution < 1.29 is 0 Å². The second-order valence-electron chi connectivity index (χ2n) is 4.34. The number of rotatable bonds is 6. The Bertz CT molecular complexity index is 315. The van der Waals surface area contributed by atoms with Crippen LogP contribution in [0.1, 0.15) is 24.6 Å². The van der Waals surface area contributed by atoms with Gasteiger partial charge in [0.1, 0.15) is 0 Å². The van der Waals surface area contributed by atoms with Crippen molar-refractivity contribution in [2.45, 2.75) is 32.1 Å². The number of hydrogen-bond acceptors (Lipinski definition) is 3. The Labute approximate surface area is 103 Å². The highest BCUT2D eigenvalue weighted by Crippen LogP contribution is 2.11. The van der Waals surface area contributed by atoms with Crippen molar-refractivity contribution in [2.75, 3.05) is 19.8 Å². The maximum Gasteiger partial charge on any atom is 0.0572 e. The summed E-state index contributed by atoms with van der Waals surface area (Å²) in [6.07, 6.45) is 5.29. The molecule has 0 fully saturated rings. The molecule has 0 saturated heterocycles. The van der Waals surface area contributed by atoms with Gasteiger partial charge in [0.2, 0.25) is 0 Å². The number of aryl methyl sites for hydroxylation is 1. The Morgan fingerprint density at radius 1 is 1.50 bits per heavy atom. The minimum absolute atomic E-state index is 0.743. The number of aromatic nitrogens is 1. The minimum atomic E-state index is 0.743. The summed E-state index contributed by atoms with van der Waals surface area (Å²) in [6, 6.07) is 4.12. The van der Waals surface area contributed by atoms with Crippen LogP contribution in [0.4, 0.5) is 0 Å². The molecule has 0 aliphatic carbocycles. The van der Waals surface area contributed by atoms with Crippen LogP contribution in [0.2, 0.25) is 0 Å². The fourth-order valence-electron chi connectivity index (χ4n) is 1.54. The van der Waals surface area contributed by atoms with E-state index in [1.807, 2.05) is 24.0 Å². The molecule has 3 heteroatoms. The molecular formula is C13H22N2S. The molecule has 1 heterocycles. The molecule has 0 N–H and O–H groups in total. The van der Waals surface area contributed by atoms with Gasteiger partial charge in [-0.3, -0.25) is 4.98 Å². The first kappa shape index (κ1) is 13.5. The maximum absolute atomic E-state index is 4.42. The van der Waals surface area contributed by atoms with E-state index < -0.39 is 0 Å². The molecule has 0 unspecified atom stereocenters. The van der Waals surface area contributed by atoms with Crippen LogP contribution in [0.25, 0.3) is 0 Å². The lowest BCUT2D eigenvalue weighted by atomic mass is 10.2. The van der Waals surface area contributed by atoms with Gasteiger partial charge in [-0.25, -0.2) is 0 Å². The first-order valence-corrected chi connectivity index (χ1v) is 7.04. The Morgan fingerprint density at radius 3 is 2.88 bits per heavy atom. The predicted molar refractivity (Wildman–Crippen MR) is 72.9 cm³/mol. The standard InChI is InChI=1S/C13H22N2S/c1-11-6-5-8-14-13(11)10-15(3)9-7-12(2)16-4/h5-6,8,12H,7,9-10H2,1-4H3/t12-/m1/s1. The van der Waals surface area contributed by atoms with Gasteiger partial charge in [0, 0.05) is 18.0 Å². The van der Waals surface area contributed by atoms with E-state index in [0.29, 0.717) is 0 Å². The van der Waals surface area contributed by atoms with Gasteiger partial charge in [-0.15, -0.1) is 0 Å². The second-order valence-corrected chi connectivity index (χ2v) is 5.62. The van der Waals surface area contributed by atoms with Crippen LogP contribution < -0.4 is 0 Å². The van der Waals surface area contributed by atoms with E-state index >= 15 is 0 Å². The van der Waals surface area contributed by atoms with Gasteiger partial charge in [-0.05, 0) is 44.8 Å². The number of nitrogens with zero attached hydrogens (tertiary/aromatic N) is 2. The smallest absolute Gasteiger partial charge is 0.0572 e. The quantitative estimate of drug-likeness (QED) is 0.758. The maximum atomic E-state index is 4.42. The average Bonchev–Trinajstić information content (AvgIpc) is 2.29. The molecule has 0 radical (unpaired) electrons. The lowest BCUT2D eigenvalue weighted by Crippen LogP contribution is -2.22. The summed E-state index contributed by atoms with van der Waals surface area (Å²) in [7, 11) is 2.17. The third kappa shape index (κ3) is 4.54. The number of hydrogen-bond donors (Lipinski definition) is 0. The molecule has 1 aromatic heterocycles. The summed E-state index contributed by atoms with van der Waals surface area (Å²) in [5, 5.41) is 0.743. The summed E-state index contributed by atoms with van der Waals surface area (Å²) in [6.45, 7) is 6.50. The largest absolute Gasteiger partial charge is 0.300 e. The van der Waals surface area contributed by atoms with Crippen molar-refractivity contribution in [3.8, 4) is 0 Å². The van der Waals surface area contributed by atoms with E-state index in [1.54, 1.807) is 0 Å². The Balaban J connectivity index is 2.40. The van der Waals surface area contributed by atoms with E-state index in [9.17, 15) is 0 Å². The second kappa shape index (κ2) is 6.92. The highest BCUT2D eigenvalue weighted by atomic mass is 32.2. The van der Waals surface area contributed by atoms with Gasteiger partial charge in [-0.1, -0.05) is 13.0 Å². The SMILES string of the molecule is CS[C@H](C)CCN(C)Cc1ncccc1C. The van der Waals surface area contributed by atoms with Gasteiger partial charge < -0.3 is 4.90 Å². The van der Waals surface area contributed by atoms with Crippen LogP contribution in [0.15, 0.2) is 18.3 Å². The predicted octanol–water partition coefficient (Wildman–Crippen LogP) is 2.96. The van der Waals surface area contributed by atoms with E-state index in [1.165, 1.54) is 17.7 Å². The summed E-state index contributed by atoms with van der Waals surface area (Å²) in [5.74, 6) is 0. The van der Waals surface area contributed by atoms with Crippen molar-refractivity contribution in [3.05, 3.63) is 29.6 Å². The molecule has 0 aliphatic heterocycles. The van der Waals surface area contributed by atoms with Gasteiger partial charge >= 0.3 is 0 Å². The summed E-state index contributed by atoms with van der Waals surface area (Å²) >= 11 is 1.93. The van der Waals surface area contributed by atoms with E-state index in [2.05, 4.69) is 43.1 Å². The fraction of sp³-hybridized carbons (Fsp3) is 0.615. The van der Waals surface area contributed by atoms with Crippen molar-refractivity contribution in [2.24, 2.45) is 0 Å². The lowest BCUT2D eigenvalue weighted by Gasteiger charge is -2.18. The van der Waals surface area contributed by atoms with Crippen molar-refractivity contribution in [3.63, 3.8) is 0 Å². The van der Waals surface area contributed by atoms with Crippen LogP contribution in [0, 0.1) is 6.92 Å². The number of pyridine rings is 1. The molecule has 0 aromatic carbocycles. The zero-order chi connectivity index (χ0) is 12.0. The summed E-state index contributed by atoms with van der Waals surface area (Å²) < 4.78 is 0. The van der Waals surface area contributed by atoms with E-state index in [4.69, 9.17) is 0 Å². The Kier molecular flexibility index (Phi) is 5.85. The highest BCUT2D eigenvalue weighted by molar-refractivity contribution is 7.99.